The van der Waals surface area contributed by atoms with E-state index >= 15 is 0 Å². The quantitative estimate of drug-likeness (QED) is 0.157. The summed E-state index contributed by atoms with van der Waals surface area (Å²) < 4.78 is 11.7. The fourth-order valence-corrected chi connectivity index (χ4v) is 4.41. The van der Waals surface area contributed by atoms with Crippen LogP contribution < -0.4 is 10.1 Å². The highest BCUT2D eigenvalue weighted by molar-refractivity contribution is 5.39. The maximum absolute atomic E-state index is 10.7. The van der Waals surface area contributed by atoms with E-state index in [1.807, 2.05) is 48.5 Å². The Morgan fingerprint density at radius 2 is 1.39 bits per heavy atom. The minimum Gasteiger partial charge on any atom is -0.489 e. The maximum atomic E-state index is 10.7. The zero-order valence-corrected chi connectivity index (χ0v) is 22.9. The number of rotatable bonds is 19. The molecule has 0 saturated heterocycles. The molecule has 3 aromatic carbocycles. The van der Waals surface area contributed by atoms with Gasteiger partial charge in [-0.3, -0.25) is 0 Å². The van der Waals surface area contributed by atoms with Crippen LogP contribution in [0.25, 0.3) is 0 Å². The summed E-state index contributed by atoms with van der Waals surface area (Å²) in [6, 6.07) is 26.1. The van der Waals surface area contributed by atoms with Crippen LogP contribution in [0.1, 0.15) is 79.9 Å². The highest BCUT2D eigenvalue weighted by Crippen LogP contribution is 2.29. The highest BCUT2D eigenvalue weighted by Gasteiger charge is 2.15. The average Bonchev–Trinajstić information content (AvgIpc) is 2.95. The van der Waals surface area contributed by atoms with Gasteiger partial charge in [-0.25, -0.2) is 0 Å². The molecule has 0 saturated carbocycles. The molecular formula is C33H45NO4. The van der Waals surface area contributed by atoms with Crippen LogP contribution in [0.2, 0.25) is 0 Å². The Hall–Kier alpha value is -2.70. The van der Waals surface area contributed by atoms with Crippen LogP contribution in [0.4, 0.5) is 0 Å². The van der Waals surface area contributed by atoms with Gasteiger partial charge >= 0.3 is 0 Å². The lowest BCUT2D eigenvalue weighted by Crippen LogP contribution is -2.22. The highest BCUT2D eigenvalue weighted by atomic mass is 16.5. The van der Waals surface area contributed by atoms with Crippen LogP contribution in [0, 0.1) is 0 Å². The topological polar surface area (TPSA) is 71.0 Å². The predicted molar refractivity (Wildman–Crippen MR) is 154 cm³/mol. The van der Waals surface area contributed by atoms with Crippen molar-refractivity contribution >= 4 is 0 Å². The molecule has 5 heteroatoms. The minimum atomic E-state index is -0.681. The van der Waals surface area contributed by atoms with Crippen LogP contribution in [-0.4, -0.2) is 36.5 Å². The van der Waals surface area contributed by atoms with Crippen molar-refractivity contribution in [2.45, 2.75) is 70.7 Å². The van der Waals surface area contributed by atoms with E-state index < -0.39 is 12.2 Å². The lowest BCUT2D eigenvalue weighted by Gasteiger charge is -2.18. The lowest BCUT2D eigenvalue weighted by atomic mass is 10.0. The molecule has 3 N–H and O–H groups in total. The second-order valence-electron chi connectivity index (χ2n) is 9.94. The van der Waals surface area contributed by atoms with Crippen molar-refractivity contribution in [1.82, 2.24) is 5.32 Å². The SMILES string of the molecule is CC(O)c1cc(C(O)CNCCCCCCOCCCCc2ccccc2)ccc1OCc1ccccc1. The monoisotopic (exact) mass is 519 g/mol. The third kappa shape index (κ3) is 11.4. The molecule has 0 aliphatic heterocycles. The first-order chi connectivity index (χ1) is 18.6. The summed E-state index contributed by atoms with van der Waals surface area (Å²) in [7, 11) is 0. The Labute approximate surface area is 228 Å². The van der Waals surface area contributed by atoms with E-state index in [0.717, 1.165) is 69.4 Å². The molecule has 5 nitrogen and oxygen atoms in total. The number of aliphatic hydroxyl groups excluding tert-OH is 2. The van der Waals surface area contributed by atoms with Crippen molar-refractivity contribution in [2.24, 2.45) is 0 Å². The van der Waals surface area contributed by atoms with E-state index in [-0.39, 0.29) is 0 Å². The first kappa shape index (κ1) is 29.9. The molecule has 0 bridgehead atoms. The third-order valence-electron chi connectivity index (χ3n) is 6.68. The molecule has 0 radical (unpaired) electrons. The zero-order chi connectivity index (χ0) is 26.8. The molecule has 3 rings (SSSR count). The Bertz CT molecular complexity index is 1010. The molecular weight excluding hydrogens is 474 g/mol. The largest absolute Gasteiger partial charge is 0.489 e. The van der Waals surface area contributed by atoms with Crippen LogP contribution in [-0.2, 0) is 17.8 Å². The number of ether oxygens (including phenoxy) is 2. The van der Waals surface area contributed by atoms with Crippen LogP contribution in [0.15, 0.2) is 78.9 Å². The van der Waals surface area contributed by atoms with Crippen molar-refractivity contribution in [3.63, 3.8) is 0 Å². The average molecular weight is 520 g/mol. The number of nitrogens with one attached hydrogen (secondary N) is 1. The summed E-state index contributed by atoms with van der Waals surface area (Å²) >= 11 is 0. The number of aliphatic hydroxyl groups is 2. The zero-order valence-electron chi connectivity index (χ0n) is 22.9. The van der Waals surface area contributed by atoms with E-state index in [1.54, 1.807) is 6.92 Å². The van der Waals surface area contributed by atoms with Crippen LogP contribution in [0.3, 0.4) is 0 Å². The van der Waals surface area contributed by atoms with E-state index in [0.29, 0.717) is 24.5 Å². The van der Waals surface area contributed by atoms with Crippen LogP contribution >= 0.6 is 0 Å². The molecule has 0 aromatic heterocycles. The second kappa shape index (κ2) is 17.7. The Kier molecular flexibility index (Phi) is 13.9. The van der Waals surface area contributed by atoms with Gasteiger partial charge in [0.2, 0.25) is 0 Å². The summed E-state index contributed by atoms with van der Waals surface area (Å²) in [4.78, 5) is 0. The molecule has 0 amide bonds. The number of unbranched alkanes of at least 4 members (excludes halogenated alkanes) is 4. The molecule has 3 aromatic rings. The Morgan fingerprint density at radius 1 is 0.737 bits per heavy atom. The third-order valence-corrected chi connectivity index (χ3v) is 6.68. The molecule has 38 heavy (non-hydrogen) atoms. The maximum Gasteiger partial charge on any atom is 0.125 e. The van der Waals surface area contributed by atoms with E-state index in [2.05, 4.69) is 35.6 Å². The van der Waals surface area contributed by atoms with Gasteiger partial charge in [0.05, 0.1) is 12.2 Å². The number of aryl methyl sites for hydroxylation is 1. The molecule has 2 unspecified atom stereocenters. The molecule has 0 aliphatic carbocycles. The first-order valence-corrected chi connectivity index (χ1v) is 14.1. The van der Waals surface area contributed by atoms with Gasteiger partial charge in [0.15, 0.2) is 0 Å². The molecule has 0 spiro atoms. The van der Waals surface area contributed by atoms with Gasteiger partial charge in [-0.2, -0.15) is 0 Å². The van der Waals surface area contributed by atoms with Gasteiger partial charge < -0.3 is 25.0 Å². The second-order valence-corrected chi connectivity index (χ2v) is 9.94. The predicted octanol–water partition coefficient (Wildman–Crippen LogP) is 6.54. The standard InChI is InChI=1S/C33H45NO4/c1-27(35)31-24-30(19-20-33(31)38-26-29-17-8-5-9-18-29)32(36)25-34-21-11-2-3-12-22-37-23-13-10-16-28-14-6-4-7-15-28/h4-9,14-15,17-20,24,27,32,34-36H,2-3,10-13,16,21-23,25-26H2,1H3. The van der Waals surface area contributed by atoms with Gasteiger partial charge in [-0.05, 0) is 74.4 Å². The Morgan fingerprint density at radius 3 is 2.11 bits per heavy atom. The normalized spacial score (nSPS) is 12.8. The fraction of sp³-hybridized carbons (Fsp3) is 0.455. The number of hydrogen-bond donors (Lipinski definition) is 3. The molecule has 0 fully saturated rings. The van der Waals surface area contributed by atoms with E-state index in [9.17, 15) is 10.2 Å². The lowest BCUT2D eigenvalue weighted by molar-refractivity contribution is 0.126. The first-order valence-electron chi connectivity index (χ1n) is 14.1. The summed E-state index contributed by atoms with van der Waals surface area (Å²) in [6.45, 7) is 5.20. The van der Waals surface area contributed by atoms with Gasteiger partial charge in [-0.15, -0.1) is 0 Å². The van der Waals surface area contributed by atoms with Crippen molar-refractivity contribution < 1.29 is 19.7 Å². The van der Waals surface area contributed by atoms with Gasteiger partial charge in [-0.1, -0.05) is 79.6 Å². The van der Waals surface area contributed by atoms with E-state index in [4.69, 9.17) is 9.47 Å². The van der Waals surface area contributed by atoms with Crippen molar-refractivity contribution in [1.29, 1.82) is 0 Å². The van der Waals surface area contributed by atoms with Crippen molar-refractivity contribution in [3.8, 4) is 5.75 Å². The van der Waals surface area contributed by atoms with Crippen LogP contribution in [0.5, 0.6) is 5.75 Å². The fourth-order valence-electron chi connectivity index (χ4n) is 4.41. The summed E-state index contributed by atoms with van der Waals surface area (Å²) in [5, 5.41) is 24.3. The van der Waals surface area contributed by atoms with Gasteiger partial charge in [0.25, 0.3) is 0 Å². The van der Waals surface area contributed by atoms with Gasteiger partial charge in [0, 0.05) is 25.3 Å². The smallest absolute Gasteiger partial charge is 0.125 e. The Balaban J connectivity index is 1.22. The van der Waals surface area contributed by atoms with Crippen molar-refractivity contribution in [2.75, 3.05) is 26.3 Å². The summed E-state index contributed by atoms with van der Waals surface area (Å²) in [6.07, 6.45) is 6.60. The molecule has 0 aliphatic rings. The van der Waals surface area contributed by atoms with E-state index in [1.165, 1.54) is 12.0 Å². The number of hydrogen-bond acceptors (Lipinski definition) is 5. The van der Waals surface area contributed by atoms with Gasteiger partial charge in [0.1, 0.15) is 12.4 Å². The summed E-state index contributed by atoms with van der Waals surface area (Å²) in [5.74, 6) is 0.643. The molecule has 2 atom stereocenters. The summed E-state index contributed by atoms with van der Waals surface area (Å²) in [5.41, 5.74) is 3.94. The minimum absolute atomic E-state index is 0.435. The molecule has 206 valence electrons. The van der Waals surface area contributed by atoms with Crippen molar-refractivity contribution in [3.05, 3.63) is 101 Å². The molecule has 0 heterocycles. The number of benzene rings is 3.